The largest absolute Gasteiger partial charge is 0.481 e. The van der Waals surface area contributed by atoms with E-state index < -0.39 is 11.9 Å². The van der Waals surface area contributed by atoms with Crippen molar-refractivity contribution in [2.45, 2.75) is 12.8 Å². The van der Waals surface area contributed by atoms with Gasteiger partial charge in [-0.25, -0.2) is 0 Å². The number of rotatable bonds is 5. The van der Waals surface area contributed by atoms with Gasteiger partial charge in [0.05, 0.1) is 5.92 Å². The van der Waals surface area contributed by atoms with E-state index in [9.17, 15) is 4.79 Å². The maximum Gasteiger partial charge on any atom is 0.306 e. The van der Waals surface area contributed by atoms with Crippen molar-refractivity contribution in [1.82, 2.24) is 4.98 Å². The van der Waals surface area contributed by atoms with Gasteiger partial charge in [0.2, 0.25) is 0 Å². The molecule has 1 unspecified atom stereocenters. The number of hydrogen-bond acceptors (Lipinski definition) is 3. The zero-order chi connectivity index (χ0) is 11.3. The summed E-state index contributed by atoms with van der Waals surface area (Å²) in [4.78, 5) is 14.9. The van der Waals surface area contributed by atoms with Gasteiger partial charge in [0, 0.05) is 16.9 Å². The van der Waals surface area contributed by atoms with Gasteiger partial charge in [-0.15, -0.1) is 0 Å². The molecule has 3 N–H and O–H groups in total. The molecular formula is C10H13BrN2O2. The first-order chi connectivity index (χ1) is 7.13. The predicted octanol–water partition coefficient (Wildman–Crippen LogP) is 1.44. The zero-order valence-corrected chi connectivity index (χ0v) is 9.77. The Balaban J connectivity index is 2.69. The van der Waals surface area contributed by atoms with Crippen LogP contribution in [-0.4, -0.2) is 22.6 Å². The van der Waals surface area contributed by atoms with Gasteiger partial charge in [0.25, 0.3) is 0 Å². The second-order valence-corrected chi connectivity index (χ2v) is 4.24. The number of carboxylic acids is 1. The number of aromatic nitrogens is 1. The van der Waals surface area contributed by atoms with Crippen molar-refractivity contribution in [2.75, 3.05) is 6.54 Å². The fourth-order valence-corrected chi connectivity index (χ4v) is 1.78. The molecule has 0 aromatic carbocycles. The first-order valence-corrected chi connectivity index (χ1v) is 5.45. The summed E-state index contributed by atoms with van der Waals surface area (Å²) >= 11 is 3.29. The van der Waals surface area contributed by atoms with Gasteiger partial charge >= 0.3 is 5.97 Å². The standard InChI is InChI=1S/C10H13BrN2O2/c11-9-4-7(5-13-6-9)3-8(1-2-12)10(14)15/h4-6,8H,1-3,12H2,(H,14,15). The monoisotopic (exact) mass is 272 g/mol. The minimum atomic E-state index is -0.805. The molecule has 0 spiro atoms. The molecule has 0 fully saturated rings. The molecule has 0 bridgehead atoms. The van der Waals surface area contributed by atoms with Crippen LogP contribution < -0.4 is 5.73 Å². The van der Waals surface area contributed by atoms with Crippen molar-refractivity contribution in [2.24, 2.45) is 11.7 Å². The summed E-state index contributed by atoms with van der Waals surface area (Å²) in [6.07, 6.45) is 4.31. The van der Waals surface area contributed by atoms with Gasteiger partial charge in [-0.1, -0.05) is 0 Å². The molecule has 15 heavy (non-hydrogen) atoms. The Labute approximate surface area is 96.6 Å². The molecule has 0 saturated carbocycles. The average Bonchev–Trinajstić information content (AvgIpc) is 2.17. The molecular weight excluding hydrogens is 260 g/mol. The molecule has 0 amide bonds. The Kier molecular flexibility index (Phi) is 4.71. The van der Waals surface area contributed by atoms with Crippen molar-refractivity contribution in [3.63, 3.8) is 0 Å². The van der Waals surface area contributed by atoms with E-state index in [0.29, 0.717) is 19.4 Å². The number of hydrogen-bond donors (Lipinski definition) is 2. The number of halogens is 1. The second-order valence-electron chi connectivity index (χ2n) is 3.33. The summed E-state index contributed by atoms with van der Waals surface area (Å²) in [6.45, 7) is 0.387. The van der Waals surface area contributed by atoms with Gasteiger partial charge in [-0.2, -0.15) is 0 Å². The molecule has 1 heterocycles. The molecule has 82 valence electrons. The highest BCUT2D eigenvalue weighted by Gasteiger charge is 2.17. The third kappa shape index (κ3) is 3.97. The summed E-state index contributed by atoms with van der Waals surface area (Å²) in [5, 5.41) is 8.95. The fourth-order valence-electron chi connectivity index (χ4n) is 1.37. The molecule has 0 aliphatic heterocycles. The quantitative estimate of drug-likeness (QED) is 0.851. The summed E-state index contributed by atoms with van der Waals surface area (Å²) in [7, 11) is 0. The summed E-state index contributed by atoms with van der Waals surface area (Å²) in [5.74, 6) is -1.23. The number of carbonyl (C=O) groups is 1. The van der Waals surface area contributed by atoms with E-state index in [-0.39, 0.29) is 0 Å². The van der Waals surface area contributed by atoms with Crippen LogP contribution in [-0.2, 0) is 11.2 Å². The molecule has 5 heteroatoms. The minimum absolute atomic E-state index is 0.387. The highest BCUT2D eigenvalue weighted by Crippen LogP contribution is 2.15. The Morgan fingerprint density at radius 3 is 2.87 bits per heavy atom. The van der Waals surface area contributed by atoms with Gasteiger partial charge in [0.1, 0.15) is 0 Å². The maximum absolute atomic E-state index is 10.9. The number of nitrogens with two attached hydrogens (primary N) is 1. The normalized spacial score (nSPS) is 12.4. The second kappa shape index (κ2) is 5.82. The number of carboxylic acid groups (broad SMARTS) is 1. The molecule has 0 aliphatic rings. The van der Waals surface area contributed by atoms with Crippen LogP contribution in [0.3, 0.4) is 0 Å². The van der Waals surface area contributed by atoms with E-state index in [1.165, 1.54) is 0 Å². The van der Waals surface area contributed by atoms with Crippen LogP contribution in [0.25, 0.3) is 0 Å². The summed E-state index contributed by atoms with van der Waals surface area (Å²) < 4.78 is 0.858. The predicted molar refractivity (Wildman–Crippen MR) is 60.4 cm³/mol. The number of aliphatic carboxylic acids is 1. The van der Waals surface area contributed by atoms with Crippen LogP contribution in [0.2, 0.25) is 0 Å². The number of nitrogens with zero attached hydrogens (tertiary/aromatic N) is 1. The van der Waals surface area contributed by atoms with Gasteiger partial charge in [0.15, 0.2) is 0 Å². The molecule has 0 aliphatic carbocycles. The molecule has 0 saturated heterocycles. The average molecular weight is 273 g/mol. The van der Waals surface area contributed by atoms with Crippen LogP contribution in [0.15, 0.2) is 22.9 Å². The molecule has 0 radical (unpaired) electrons. The van der Waals surface area contributed by atoms with Crippen molar-refractivity contribution in [3.05, 3.63) is 28.5 Å². The van der Waals surface area contributed by atoms with Crippen LogP contribution in [0.4, 0.5) is 0 Å². The Hall–Kier alpha value is -0.940. The number of pyridine rings is 1. The SMILES string of the molecule is NCCC(Cc1cncc(Br)c1)C(=O)O. The zero-order valence-electron chi connectivity index (χ0n) is 8.19. The van der Waals surface area contributed by atoms with Crippen LogP contribution in [0.5, 0.6) is 0 Å². The summed E-state index contributed by atoms with van der Waals surface area (Å²) in [6, 6.07) is 1.87. The lowest BCUT2D eigenvalue weighted by atomic mass is 9.97. The van der Waals surface area contributed by atoms with E-state index in [1.54, 1.807) is 12.4 Å². The highest BCUT2D eigenvalue weighted by atomic mass is 79.9. The maximum atomic E-state index is 10.9. The van der Waals surface area contributed by atoms with Gasteiger partial charge in [-0.3, -0.25) is 9.78 Å². The Morgan fingerprint density at radius 2 is 2.33 bits per heavy atom. The van der Waals surface area contributed by atoms with E-state index >= 15 is 0 Å². The lowest BCUT2D eigenvalue weighted by molar-refractivity contribution is -0.141. The highest BCUT2D eigenvalue weighted by molar-refractivity contribution is 9.10. The van der Waals surface area contributed by atoms with Crippen molar-refractivity contribution < 1.29 is 9.90 Å². The molecule has 1 rings (SSSR count). The Bertz CT molecular complexity index is 344. The van der Waals surface area contributed by atoms with E-state index in [4.69, 9.17) is 10.8 Å². The van der Waals surface area contributed by atoms with E-state index in [0.717, 1.165) is 10.0 Å². The third-order valence-electron chi connectivity index (χ3n) is 2.11. The third-order valence-corrected chi connectivity index (χ3v) is 2.54. The smallest absolute Gasteiger partial charge is 0.306 e. The lowest BCUT2D eigenvalue weighted by Gasteiger charge is -2.10. The first-order valence-electron chi connectivity index (χ1n) is 4.65. The fraction of sp³-hybridized carbons (Fsp3) is 0.400. The Morgan fingerprint density at radius 1 is 1.60 bits per heavy atom. The van der Waals surface area contributed by atoms with Crippen LogP contribution >= 0.6 is 15.9 Å². The molecule has 1 atom stereocenters. The van der Waals surface area contributed by atoms with Gasteiger partial charge < -0.3 is 10.8 Å². The van der Waals surface area contributed by atoms with Crippen LogP contribution in [0, 0.1) is 5.92 Å². The van der Waals surface area contributed by atoms with Gasteiger partial charge in [-0.05, 0) is 46.9 Å². The van der Waals surface area contributed by atoms with Crippen LogP contribution in [0.1, 0.15) is 12.0 Å². The summed E-state index contributed by atoms with van der Waals surface area (Å²) in [5.41, 5.74) is 6.27. The molecule has 4 nitrogen and oxygen atoms in total. The van der Waals surface area contributed by atoms with Crippen molar-refractivity contribution in [1.29, 1.82) is 0 Å². The van der Waals surface area contributed by atoms with Crippen molar-refractivity contribution >= 4 is 21.9 Å². The minimum Gasteiger partial charge on any atom is -0.481 e. The van der Waals surface area contributed by atoms with E-state index in [1.807, 2.05) is 6.07 Å². The molecule has 1 aromatic heterocycles. The molecule has 1 aromatic rings. The lowest BCUT2D eigenvalue weighted by Crippen LogP contribution is -2.20. The van der Waals surface area contributed by atoms with E-state index in [2.05, 4.69) is 20.9 Å². The van der Waals surface area contributed by atoms with Crippen molar-refractivity contribution in [3.8, 4) is 0 Å². The topological polar surface area (TPSA) is 76.2 Å². The first kappa shape index (κ1) is 12.1.